The zero-order chi connectivity index (χ0) is 15.3. The zero-order valence-electron chi connectivity index (χ0n) is 12.2. The maximum atomic E-state index is 11.3. The van der Waals surface area contributed by atoms with Crippen LogP contribution < -0.4 is 4.72 Å². The molecule has 0 unspecified atom stereocenters. The lowest BCUT2D eigenvalue weighted by atomic mass is 10.00. The van der Waals surface area contributed by atoms with E-state index in [2.05, 4.69) is 15.7 Å². The van der Waals surface area contributed by atoms with Crippen molar-refractivity contribution in [1.82, 2.24) is 9.62 Å². The molecule has 5 nitrogen and oxygen atoms in total. The number of likely N-dealkylation sites (tertiary alicyclic amines) is 1. The predicted molar refractivity (Wildman–Crippen MR) is 82.1 cm³/mol. The van der Waals surface area contributed by atoms with Gasteiger partial charge in [-0.25, -0.2) is 13.1 Å². The first-order valence-corrected chi connectivity index (χ1v) is 9.05. The van der Waals surface area contributed by atoms with Gasteiger partial charge in [0.1, 0.15) is 0 Å². The second kappa shape index (κ2) is 7.03. The van der Waals surface area contributed by atoms with Gasteiger partial charge in [0.25, 0.3) is 0 Å². The van der Waals surface area contributed by atoms with E-state index in [9.17, 15) is 8.42 Å². The summed E-state index contributed by atoms with van der Waals surface area (Å²) in [6, 6.07) is 10.00. The monoisotopic (exact) mass is 307 g/mol. The summed E-state index contributed by atoms with van der Waals surface area (Å²) >= 11 is 0. The van der Waals surface area contributed by atoms with E-state index in [0.717, 1.165) is 31.4 Å². The highest BCUT2D eigenvalue weighted by Gasteiger charge is 2.23. The minimum Gasteiger partial charge on any atom is -0.295 e. The van der Waals surface area contributed by atoms with Crippen molar-refractivity contribution >= 4 is 10.0 Å². The molecule has 1 fully saturated rings. The van der Waals surface area contributed by atoms with Crippen LogP contribution in [-0.4, -0.2) is 38.7 Å². The molecule has 0 amide bonds. The van der Waals surface area contributed by atoms with E-state index in [-0.39, 0.29) is 6.04 Å². The number of sulfonamides is 1. The van der Waals surface area contributed by atoms with Gasteiger partial charge in [0.2, 0.25) is 10.0 Å². The topological polar surface area (TPSA) is 73.2 Å². The number of benzene rings is 1. The molecule has 1 aromatic carbocycles. The Hall–Kier alpha value is -1.42. The van der Waals surface area contributed by atoms with Crippen LogP contribution in [0.3, 0.4) is 0 Å². The molecule has 1 N–H and O–H groups in total. The molecule has 1 atom stereocenters. The van der Waals surface area contributed by atoms with Crippen molar-refractivity contribution in [3.05, 3.63) is 35.4 Å². The summed E-state index contributed by atoms with van der Waals surface area (Å²) in [6.45, 7) is 2.07. The van der Waals surface area contributed by atoms with Crippen LogP contribution >= 0.6 is 0 Å². The average molecular weight is 307 g/mol. The molecule has 0 spiro atoms. The number of nitrogens with one attached hydrogen (secondary N) is 1. The molecule has 1 aromatic rings. The van der Waals surface area contributed by atoms with Gasteiger partial charge in [-0.2, -0.15) is 5.26 Å². The fraction of sp³-hybridized carbons (Fsp3) is 0.533. The summed E-state index contributed by atoms with van der Waals surface area (Å²) in [4.78, 5) is 2.28. The highest BCUT2D eigenvalue weighted by atomic mass is 32.2. The molecule has 114 valence electrons. The van der Waals surface area contributed by atoms with Gasteiger partial charge in [0.15, 0.2) is 0 Å². The average Bonchev–Trinajstić information content (AvgIpc) is 2.46. The number of rotatable bonds is 5. The first-order chi connectivity index (χ1) is 9.99. The number of nitriles is 1. The van der Waals surface area contributed by atoms with Crippen LogP contribution in [0.15, 0.2) is 24.3 Å². The highest BCUT2D eigenvalue weighted by Crippen LogP contribution is 2.20. The maximum absolute atomic E-state index is 11.3. The van der Waals surface area contributed by atoms with Gasteiger partial charge >= 0.3 is 0 Å². The van der Waals surface area contributed by atoms with Crippen LogP contribution in [0.25, 0.3) is 0 Å². The summed E-state index contributed by atoms with van der Waals surface area (Å²) in [5.74, 6) is 0. The molecule has 0 saturated carbocycles. The van der Waals surface area contributed by atoms with Crippen molar-refractivity contribution in [2.24, 2.45) is 0 Å². The minimum absolute atomic E-state index is 0.195. The van der Waals surface area contributed by atoms with Gasteiger partial charge in [-0.1, -0.05) is 24.6 Å². The van der Waals surface area contributed by atoms with Crippen molar-refractivity contribution in [3.63, 3.8) is 0 Å². The van der Waals surface area contributed by atoms with Crippen molar-refractivity contribution in [1.29, 1.82) is 5.26 Å². The van der Waals surface area contributed by atoms with Gasteiger partial charge in [0.05, 0.1) is 17.9 Å². The molecule has 0 bridgehead atoms. The van der Waals surface area contributed by atoms with Crippen LogP contribution in [-0.2, 0) is 16.6 Å². The molecule has 6 heteroatoms. The van der Waals surface area contributed by atoms with E-state index in [1.54, 1.807) is 0 Å². The molecular weight excluding hydrogens is 286 g/mol. The SMILES string of the molecule is CS(=O)(=O)NC[C@H]1CCCCN1Cc1ccccc1C#N. The maximum Gasteiger partial charge on any atom is 0.208 e. The lowest BCUT2D eigenvalue weighted by molar-refractivity contribution is 0.142. The van der Waals surface area contributed by atoms with E-state index >= 15 is 0 Å². The fourth-order valence-electron chi connectivity index (χ4n) is 2.73. The zero-order valence-corrected chi connectivity index (χ0v) is 13.1. The Labute approximate surface area is 126 Å². The molecule has 1 heterocycles. The van der Waals surface area contributed by atoms with Crippen LogP contribution in [0, 0.1) is 11.3 Å². The molecule has 21 heavy (non-hydrogen) atoms. The van der Waals surface area contributed by atoms with Gasteiger partial charge in [0, 0.05) is 19.1 Å². The molecule has 2 rings (SSSR count). The summed E-state index contributed by atoms with van der Waals surface area (Å²) in [6.07, 6.45) is 4.40. The molecule has 1 saturated heterocycles. The quantitative estimate of drug-likeness (QED) is 0.894. The van der Waals surface area contributed by atoms with Crippen LogP contribution in [0.4, 0.5) is 0 Å². The third-order valence-corrected chi connectivity index (χ3v) is 4.53. The Bertz CT molecular complexity index is 622. The highest BCUT2D eigenvalue weighted by molar-refractivity contribution is 7.88. The van der Waals surface area contributed by atoms with Gasteiger partial charge < -0.3 is 0 Å². The van der Waals surface area contributed by atoms with E-state index in [0.29, 0.717) is 18.7 Å². The summed E-state index contributed by atoms with van der Waals surface area (Å²) < 4.78 is 25.1. The van der Waals surface area contributed by atoms with Crippen molar-refractivity contribution in [2.45, 2.75) is 31.8 Å². The van der Waals surface area contributed by atoms with E-state index in [4.69, 9.17) is 5.26 Å². The smallest absolute Gasteiger partial charge is 0.208 e. The molecule has 1 aliphatic heterocycles. The molecule has 1 aliphatic rings. The van der Waals surface area contributed by atoms with Crippen LogP contribution in [0.2, 0.25) is 0 Å². The standard InChI is InChI=1S/C15H21N3O2S/c1-21(19,20)17-11-15-8-4-5-9-18(15)12-14-7-3-2-6-13(14)10-16/h2-3,6-7,15,17H,4-5,8-9,11-12H2,1H3/t15-/m1/s1. The lowest BCUT2D eigenvalue weighted by Gasteiger charge is -2.35. The van der Waals surface area contributed by atoms with Crippen molar-refractivity contribution < 1.29 is 8.42 Å². The Morgan fingerprint density at radius 2 is 2.14 bits per heavy atom. The molecule has 0 radical (unpaired) electrons. The van der Waals surface area contributed by atoms with Crippen molar-refractivity contribution in [2.75, 3.05) is 19.3 Å². The third kappa shape index (κ3) is 4.81. The molecular formula is C15H21N3O2S. The first-order valence-electron chi connectivity index (χ1n) is 7.16. The predicted octanol–water partition coefficient (Wildman–Crippen LogP) is 1.46. The third-order valence-electron chi connectivity index (χ3n) is 3.84. The first kappa shape index (κ1) is 16.0. The molecule has 0 aromatic heterocycles. The Kier molecular flexibility index (Phi) is 5.34. The fourth-order valence-corrected chi connectivity index (χ4v) is 3.23. The lowest BCUT2D eigenvalue weighted by Crippen LogP contribution is -2.46. The van der Waals surface area contributed by atoms with E-state index < -0.39 is 10.0 Å². The molecule has 0 aliphatic carbocycles. The number of piperidine rings is 1. The number of hydrogen-bond acceptors (Lipinski definition) is 4. The van der Waals surface area contributed by atoms with Gasteiger partial charge in [-0.3, -0.25) is 4.90 Å². The Morgan fingerprint density at radius 3 is 2.86 bits per heavy atom. The van der Waals surface area contributed by atoms with Crippen LogP contribution in [0.1, 0.15) is 30.4 Å². The number of nitrogens with zero attached hydrogens (tertiary/aromatic N) is 2. The Morgan fingerprint density at radius 1 is 1.38 bits per heavy atom. The second-order valence-electron chi connectivity index (χ2n) is 5.51. The second-order valence-corrected chi connectivity index (χ2v) is 7.34. The Balaban J connectivity index is 2.07. The summed E-state index contributed by atoms with van der Waals surface area (Å²) in [7, 11) is -3.16. The van der Waals surface area contributed by atoms with Gasteiger partial charge in [-0.15, -0.1) is 0 Å². The largest absolute Gasteiger partial charge is 0.295 e. The van der Waals surface area contributed by atoms with Gasteiger partial charge in [-0.05, 0) is 31.0 Å². The van der Waals surface area contributed by atoms with Crippen molar-refractivity contribution in [3.8, 4) is 6.07 Å². The minimum atomic E-state index is -3.16. The summed E-state index contributed by atoms with van der Waals surface area (Å²) in [5, 5.41) is 9.16. The normalized spacial score (nSPS) is 20.1. The van der Waals surface area contributed by atoms with E-state index in [1.165, 1.54) is 6.26 Å². The van der Waals surface area contributed by atoms with E-state index in [1.807, 2.05) is 24.3 Å². The van der Waals surface area contributed by atoms with Crippen LogP contribution in [0.5, 0.6) is 0 Å². The summed E-state index contributed by atoms with van der Waals surface area (Å²) in [5.41, 5.74) is 1.70. The number of hydrogen-bond donors (Lipinski definition) is 1.